The lowest BCUT2D eigenvalue weighted by Gasteiger charge is -2.40. The van der Waals surface area contributed by atoms with Crippen LogP contribution >= 0.6 is 11.8 Å². The van der Waals surface area contributed by atoms with E-state index < -0.39 is 28.7 Å². The monoisotopic (exact) mass is 541 g/mol. The van der Waals surface area contributed by atoms with Crippen molar-refractivity contribution in [3.63, 3.8) is 0 Å². The Morgan fingerprint density at radius 1 is 1.21 bits per heavy atom. The third-order valence-corrected chi connectivity index (χ3v) is 10.3. The molecule has 1 aromatic rings. The Hall–Kier alpha value is -2.78. The Bertz CT molecular complexity index is 1090. The van der Waals surface area contributed by atoms with Gasteiger partial charge in [0.2, 0.25) is 11.8 Å². The van der Waals surface area contributed by atoms with Crippen LogP contribution in [-0.4, -0.2) is 88.6 Å². The normalized spacial score (nSPS) is 28.3. The van der Waals surface area contributed by atoms with Crippen molar-refractivity contribution in [1.82, 2.24) is 9.80 Å². The van der Waals surface area contributed by atoms with Crippen molar-refractivity contribution >= 4 is 35.2 Å². The fourth-order valence-corrected chi connectivity index (χ4v) is 8.72. The fourth-order valence-electron chi connectivity index (χ4n) is 6.53. The number of hydrogen-bond acceptors (Lipinski definition) is 6. The highest BCUT2D eigenvalue weighted by molar-refractivity contribution is 8.02. The third-order valence-electron chi connectivity index (χ3n) is 8.31. The average Bonchev–Trinajstić information content (AvgIpc) is 3.55. The van der Waals surface area contributed by atoms with Crippen LogP contribution in [-0.2, 0) is 14.4 Å². The standard InChI is InChI=1S/C29H39N3O5S/c1-7-15-30(5)26(34)23-22-13-14-29(38-22)24(23)27(35)32(21(17-33)18(3)4)25(29)28(36)31(16-8-2)19-9-11-20(37-6)12-10-19/h7-12,18,21-25,33H,1-2,13-17H2,3-6H3/t21-,22+,23-,24-,25?,29?/m0/s1. The first-order valence-electron chi connectivity index (χ1n) is 13.2. The van der Waals surface area contributed by atoms with Crippen molar-refractivity contribution in [2.45, 2.75) is 48.8 Å². The minimum atomic E-state index is -0.806. The number of carbonyl (C=O) groups is 3. The smallest absolute Gasteiger partial charge is 0.251 e. The maximum Gasteiger partial charge on any atom is 0.251 e. The number of benzene rings is 1. The molecular formula is C29H39N3O5S. The van der Waals surface area contributed by atoms with Gasteiger partial charge < -0.3 is 24.5 Å². The molecule has 0 saturated carbocycles. The number of rotatable bonds is 11. The molecule has 3 saturated heterocycles. The van der Waals surface area contributed by atoms with Gasteiger partial charge in [-0.2, -0.15) is 0 Å². The first-order chi connectivity index (χ1) is 18.2. The molecule has 6 atom stereocenters. The van der Waals surface area contributed by atoms with Crippen molar-refractivity contribution < 1.29 is 24.2 Å². The number of anilines is 1. The van der Waals surface area contributed by atoms with Gasteiger partial charge in [-0.05, 0) is 43.0 Å². The summed E-state index contributed by atoms with van der Waals surface area (Å²) in [4.78, 5) is 47.4. The van der Waals surface area contributed by atoms with E-state index in [1.54, 1.807) is 64.9 Å². The van der Waals surface area contributed by atoms with Gasteiger partial charge in [0, 0.05) is 31.1 Å². The highest BCUT2D eigenvalue weighted by Gasteiger charge is 2.74. The molecule has 4 rings (SSSR count). The molecule has 1 spiro atoms. The number of amides is 3. The van der Waals surface area contributed by atoms with Crippen molar-refractivity contribution in [2.24, 2.45) is 17.8 Å². The van der Waals surface area contributed by atoms with Crippen LogP contribution in [0.1, 0.15) is 26.7 Å². The molecule has 1 N–H and O–H groups in total. The summed E-state index contributed by atoms with van der Waals surface area (Å²) in [5.41, 5.74) is 0.670. The second kappa shape index (κ2) is 11.1. The Morgan fingerprint density at radius 2 is 1.87 bits per heavy atom. The largest absolute Gasteiger partial charge is 0.497 e. The molecule has 3 heterocycles. The fraction of sp³-hybridized carbons (Fsp3) is 0.552. The molecule has 8 nitrogen and oxygen atoms in total. The van der Waals surface area contributed by atoms with Gasteiger partial charge in [0.05, 0.1) is 36.3 Å². The number of likely N-dealkylation sites (tertiary alicyclic amines) is 1. The van der Waals surface area contributed by atoms with E-state index in [2.05, 4.69) is 13.2 Å². The zero-order valence-corrected chi connectivity index (χ0v) is 23.5. The van der Waals surface area contributed by atoms with E-state index in [9.17, 15) is 19.5 Å². The van der Waals surface area contributed by atoms with Crippen LogP contribution in [0.15, 0.2) is 49.6 Å². The number of aliphatic hydroxyl groups excluding tert-OH is 1. The van der Waals surface area contributed by atoms with Gasteiger partial charge in [0.25, 0.3) is 5.91 Å². The highest BCUT2D eigenvalue weighted by Crippen LogP contribution is 2.67. The van der Waals surface area contributed by atoms with Crippen LogP contribution in [0.3, 0.4) is 0 Å². The van der Waals surface area contributed by atoms with Crippen LogP contribution < -0.4 is 9.64 Å². The van der Waals surface area contributed by atoms with Crippen LogP contribution in [0.25, 0.3) is 0 Å². The van der Waals surface area contributed by atoms with E-state index in [4.69, 9.17) is 4.74 Å². The van der Waals surface area contributed by atoms with Crippen molar-refractivity contribution in [1.29, 1.82) is 0 Å². The van der Waals surface area contributed by atoms with Gasteiger partial charge in [-0.15, -0.1) is 24.9 Å². The molecule has 2 unspecified atom stereocenters. The minimum absolute atomic E-state index is 0.0263. The number of methoxy groups -OCH3 is 1. The van der Waals surface area contributed by atoms with Crippen LogP contribution in [0, 0.1) is 17.8 Å². The number of likely N-dealkylation sites (N-methyl/N-ethyl adjacent to an activating group) is 1. The van der Waals surface area contributed by atoms with Gasteiger partial charge in [-0.25, -0.2) is 0 Å². The van der Waals surface area contributed by atoms with Crippen LogP contribution in [0.5, 0.6) is 5.75 Å². The lowest BCUT2D eigenvalue weighted by molar-refractivity contribution is -0.145. The summed E-state index contributed by atoms with van der Waals surface area (Å²) in [5, 5.41) is 10.4. The molecule has 2 bridgehead atoms. The second-order valence-corrected chi connectivity index (χ2v) is 12.3. The molecule has 206 valence electrons. The summed E-state index contributed by atoms with van der Waals surface area (Å²) in [6.07, 6.45) is 4.77. The zero-order valence-electron chi connectivity index (χ0n) is 22.7. The molecule has 3 aliphatic heterocycles. The van der Waals surface area contributed by atoms with E-state index >= 15 is 0 Å². The molecule has 3 amide bonds. The topological polar surface area (TPSA) is 90.4 Å². The Morgan fingerprint density at radius 3 is 2.42 bits per heavy atom. The summed E-state index contributed by atoms with van der Waals surface area (Å²) in [6.45, 7) is 11.9. The number of ether oxygens (including phenoxy) is 1. The molecule has 0 radical (unpaired) electrons. The van der Waals surface area contributed by atoms with E-state index in [1.165, 1.54) is 0 Å². The van der Waals surface area contributed by atoms with Crippen molar-refractivity contribution in [3.8, 4) is 5.75 Å². The van der Waals surface area contributed by atoms with Crippen LogP contribution in [0.2, 0.25) is 0 Å². The lowest BCUT2D eigenvalue weighted by atomic mass is 9.70. The maximum absolute atomic E-state index is 14.6. The van der Waals surface area contributed by atoms with E-state index in [-0.39, 0.29) is 42.0 Å². The quantitative estimate of drug-likeness (QED) is 0.434. The molecule has 9 heteroatoms. The van der Waals surface area contributed by atoms with Crippen molar-refractivity contribution in [2.75, 3.05) is 38.8 Å². The highest BCUT2D eigenvalue weighted by atomic mass is 32.2. The predicted octanol–water partition coefficient (Wildman–Crippen LogP) is 2.97. The second-order valence-electron chi connectivity index (χ2n) is 10.7. The minimum Gasteiger partial charge on any atom is -0.497 e. The Balaban J connectivity index is 1.81. The average molecular weight is 542 g/mol. The molecule has 3 fully saturated rings. The third kappa shape index (κ3) is 4.43. The number of thioether (sulfide) groups is 1. The SMILES string of the molecule is C=CCN(C)C(=O)[C@@H]1[C@H]2C(=O)N([C@@H](CO)C(C)C)C(C(=O)N(CC=C)c3ccc(OC)cc3)C23CC[C@H]1S3. The summed E-state index contributed by atoms with van der Waals surface area (Å²) in [7, 11) is 3.31. The van der Waals surface area contributed by atoms with E-state index in [1.807, 2.05) is 26.0 Å². The molecule has 1 aromatic carbocycles. The predicted molar refractivity (Wildman–Crippen MR) is 150 cm³/mol. The molecule has 0 aliphatic carbocycles. The van der Waals surface area contributed by atoms with Gasteiger partial charge in [0.15, 0.2) is 0 Å². The van der Waals surface area contributed by atoms with E-state index in [0.717, 1.165) is 6.42 Å². The number of aliphatic hydroxyl groups is 1. The van der Waals surface area contributed by atoms with Gasteiger partial charge in [-0.1, -0.05) is 26.0 Å². The molecule has 3 aliphatic rings. The van der Waals surface area contributed by atoms with Crippen LogP contribution in [0.4, 0.5) is 5.69 Å². The molecular weight excluding hydrogens is 502 g/mol. The Kier molecular flexibility index (Phi) is 8.28. The van der Waals surface area contributed by atoms with Gasteiger partial charge in [0.1, 0.15) is 11.8 Å². The van der Waals surface area contributed by atoms with Crippen molar-refractivity contribution in [3.05, 3.63) is 49.6 Å². The number of fused-ring (bicyclic) bond motifs is 1. The zero-order chi connectivity index (χ0) is 27.8. The van der Waals surface area contributed by atoms with E-state index in [0.29, 0.717) is 24.4 Å². The number of hydrogen-bond donors (Lipinski definition) is 1. The van der Waals surface area contributed by atoms with Gasteiger partial charge in [-0.3, -0.25) is 14.4 Å². The summed E-state index contributed by atoms with van der Waals surface area (Å²) < 4.78 is 4.56. The summed E-state index contributed by atoms with van der Waals surface area (Å²) in [6, 6.07) is 5.87. The first-order valence-corrected chi connectivity index (χ1v) is 14.1. The Labute approximate surface area is 229 Å². The lowest BCUT2D eigenvalue weighted by Crippen LogP contribution is -2.58. The summed E-state index contributed by atoms with van der Waals surface area (Å²) in [5.74, 6) is -1.04. The first kappa shape index (κ1) is 28.2. The number of carbonyl (C=O) groups excluding carboxylic acids is 3. The summed E-state index contributed by atoms with van der Waals surface area (Å²) >= 11 is 1.63. The number of nitrogens with zero attached hydrogens (tertiary/aromatic N) is 3. The molecule has 0 aromatic heterocycles. The molecule has 38 heavy (non-hydrogen) atoms. The maximum atomic E-state index is 14.6. The van der Waals surface area contributed by atoms with Gasteiger partial charge >= 0.3 is 0 Å².